The third-order valence-electron chi connectivity index (χ3n) is 1.54. The van der Waals surface area contributed by atoms with Gasteiger partial charge in [-0.1, -0.05) is 0 Å². The molecule has 5 heteroatoms. The molecule has 1 aromatic heterocycles. The number of amides is 1. The lowest BCUT2D eigenvalue weighted by Gasteiger charge is -2.11. The van der Waals surface area contributed by atoms with Crippen LogP contribution in [0.15, 0.2) is 29.7 Å². The molecule has 1 heterocycles. The molecule has 1 rings (SSSR count). The number of hydrogen-bond donors (Lipinski definition) is 1. The van der Waals surface area contributed by atoms with Crippen LogP contribution in [-0.4, -0.2) is 24.0 Å². The van der Waals surface area contributed by atoms with E-state index in [0.717, 1.165) is 17.2 Å². The van der Waals surface area contributed by atoms with E-state index in [0.29, 0.717) is 0 Å². The van der Waals surface area contributed by atoms with Crippen molar-refractivity contribution in [1.82, 2.24) is 0 Å². The zero-order valence-corrected chi connectivity index (χ0v) is 8.32. The molecular formula is C9H9NO3S. The minimum atomic E-state index is -1.13. The lowest BCUT2D eigenvalue weighted by Crippen LogP contribution is -2.23. The second-order valence-corrected chi connectivity index (χ2v) is 3.45. The standard InChI is InChI=1S/C9H9NO3S/c1-10(8-3-2-6-14-8)7(11)4-5-9(12)13/h2-6H,1H3,(H,12,13)/b5-4+. The summed E-state index contributed by atoms with van der Waals surface area (Å²) < 4.78 is 0. The fourth-order valence-corrected chi connectivity index (χ4v) is 1.53. The second-order valence-electron chi connectivity index (χ2n) is 2.52. The normalized spacial score (nSPS) is 10.4. The Balaban J connectivity index is 2.67. The maximum absolute atomic E-state index is 11.3. The highest BCUT2D eigenvalue weighted by molar-refractivity contribution is 7.14. The predicted molar refractivity (Wildman–Crippen MR) is 54.5 cm³/mol. The molecule has 0 aliphatic heterocycles. The van der Waals surface area contributed by atoms with Gasteiger partial charge in [0.15, 0.2) is 0 Å². The number of carbonyl (C=O) groups excluding carboxylic acids is 1. The van der Waals surface area contributed by atoms with Crippen molar-refractivity contribution in [2.75, 3.05) is 11.9 Å². The smallest absolute Gasteiger partial charge is 0.328 e. The fourth-order valence-electron chi connectivity index (χ4n) is 0.824. The largest absolute Gasteiger partial charge is 0.478 e. The molecule has 0 saturated heterocycles. The summed E-state index contributed by atoms with van der Waals surface area (Å²) in [4.78, 5) is 22.9. The van der Waals surface area contributed by atoms with E-state index in [4.69, 9.17) is 5.11 Å². The average molecular weight is 211 g/mol. The fraction of sp³-hybridized carbons (Fsp3) is 0.111. The Kier molecular flexibility index (Phi) is 3.41. The van der Waals surface area contributed by atoms with Crippen LogP contribution in [-0.2, 0) is 9.59 Å². The van der Waals surface area contributed by atoms with Gasteiger partial charge >= 0.3 is 5.97 Å². The monoisotopic (exact) mass is 211 g/mol. The molecule has 0 radical (unpaired) electrons. The molecule has 14 heavy (non-hydrogen) atoms. The first-order valence-corrected chi connectivity index (χ1v) is 4.71. The summed E-state index contributed by atoms with van der Waals surface area (Å²) >= 11 is 1.42. The van der Waals surface area contributed by atoms with E-state index in [1.807, 2.05) is 11.4 Å². The molecule has 0 bridgehead atoms. The molecule has 0 aliphatic rings. The van der Waals surface area contributed by atoms with E-state index in [9.17, 15) is 9.59 Å². The van der Waals surface area contributed by atoms with Crippen LogP contribution >= 0.6 is 11.3 Å². The van der Waals surface area contributed by atoms with Crippen molar-refractivity contribution in [1.29, 1.82) is 0 Å². The second kappa shape index (κ2) is 4.57. The number of nitrogens with zero attached hydrogens (tertiary/aromatic N) is 1. The molecule has 0 spiro atoms. The van der Waals surface area contributed by atoms with Gasteiger partial charge in [-0.15, -0.1) is 11.3 Å². The number of carboxylic acid groups (broad SMARTS) is 1. The lowest BCUT2D eigenvalue weighted by atomic mass is 10.4. The van der Waals surface area contributed by atoms with E-state index in [1.165, 1.54) is 16.2 Å². The summed E-state index contributed by atoms with van der Waals surface area (Å²) in [5.41, 5.74) is 0. The van der Waals surface area contributed by atoms with Gasteiger partial charge in [0.2, 0.25) is 0 Å². The van der Waals surface area contributed by atoms with Crippen molar-refractivity contribution in [2.24, 2.45) is 0 Å². The van der Waals surface area contributed by atoms with E-state index in [1.54, 1.807) is 13.1 Å². The molecule has 0 unspecified atom stereocenters. The molecule has 1 amide bonds. The molecule has 1 N–H and O–H groups in total. The summed E-state index contributed by atoms with van der Waals surface area (Å²) in [5.74, 6) is -1.48. The zero-order chi connectivity index (χ0) is 10.6. The summed E-state index contributed by atoms with van der Waals surface area (Å²) in [6.07, 6.45) is 1.86. The van der Waals surface area contributed by atoms with Crippen LogP contribution in [0, 0.1) is 0 Å². The van der Waals surface area contributed by atoms with Gasteiger partial charge in [0.25, 0.3) is 5.91 Å². The molecule has 0 aromatic carbocycles. The summed E-state index contributed by atoms with van der Waals surface area (Å²) in [6.45, 7) is 0. The molecule has 0 saturated carbocycles. The lowest BCUT2D eigenvalue weighted by molar-refractivity contribution is -0.131. The number of carbonyl (C=O) groups is 2. The summed E-state index contributed by atoms with van der Waals surface area (Å²) in [5, 5.41) is 10.9. The van der Waals surface area contributed by atoms with Crippen LogP contribution < -0.4 is 4.90 Å². The Morgan fingerprint density at radius 2 is 2.21 bits per heavy atom. The average Bonchev–Trinajstić information content (AvgIpc) is 2.65. The van der Waals surface area contributed by atoms with Crippen LogP contribution in [0.1, 0.15) is 0 Å². The minimum Gasteiger partial charge on any atom is -0.478 e. The molecule has 4 nitrogen and oxygen atoms in total. The molecule has 1 aromatic rings. The van der Waals surface area contributed by atoms with Crippen molar-refractivity contribution >= 4 is 28.2 Å². The zero-order valence-electron chi connectivity index (χ0n) is 7.51. The quantitative estimate of drug-likeness (QED) is 0.768. The third-order valence-corrected chi connectivity index (χ3v) is 2.48. The number of thiophene rings is 1. The van der Waals surface area contributed by atoms with Gasteiger partial charge in [-0.25, -0.2) is 4.79 Å². The summed E-state index contributed by atoms with van der Waals surface area (Å²) in [6, 6.07) is 3.61. The van der Waals surface area contributed by atoms with Crippen LogP contribution in [0.4, 0.5) is 5.00 Å². The number of likely N-dealkylation sites (N-methyl/N-ethyl adjacent to an activating group) is 1. The number of hydrogen-bond acceptors (Lipinski definition) is 3. The van der Waals surface area contributed by atoms with Crippen molar-refractivity contribution in [3.05, 3.63) is 29.7 Å². The molecule has 0 atom stereocenters. The Morgan fingerprint density at radius 1 is 1.50 bits per heavy atom. The first kappa shape index (κ1) is 10.5. The van der Waals surface area contributed by atoms with Gasteiger partial charge in [-0.3, -0.25) is 4.79 Å². The van der Waals surface area contributed by atoms with Crippen LogP contribution in [0.2, 0.25) is 0 Å². The highest BCUT2D eigenvalue weighted by Crippen LogP contribution is 2.19. The van der Waals surface area contributed by atoms with Crippen LogP contribution in [0.25, 0.3) is 0 Å². The summed E-state index contributed by atoms with van der Waals surface area (Å²) in [7, 11) is 1.60. The van der Waals surface area contributed by atoms with Gasteiger partial charge in [-0.05, 0) is 17.5 Å². The van der Waals surface area contributed by atoms with Gasteiger partial charge < -0.3 is 10.0 Å². The van der Waals surface area contributed by atoms with Gasteiger partial charge in [0.1, 0.15) is 0 Å². The molecule has 0 aliphatic carbocycles. The van der Waals surface area contributed by atoms with Gasteiger partial charge in [-0.2, -0.15) is 0 Å². The Morgan fingerprint density at radius 3 is 2.71 bits per heavy atom. The Bertz CT molecular complexity index is 356. The van der Waals surface area contributed by atoms with E-state index in [2.05, 4.69) is 0 Å². The number of rotatable bonds is 3. The SMILES string of the molecule is CN(C(=O)/C=C/C(=O)O)c1cccs1. The first-order chi connectivity index (χ1) is 6.61. The number of anilines is 1. The number of aliphatic carboxylic acids is 1. The van der Waals surface area contributed by atoms with Crippen molar-refractivity contribution in [2.45, 2.75) is 0 Å². The van der Waals surface area contributed by atoms with Crippen molar-refractivity contribution in [3.63, 3.8) is 0 Å². The molecular weight excluding hydrogens is 202 g/mol. The first-order valence-electron chi connectivity index (χ1n) is 3.83. The van der Waals surface area contributed by atoms with Crippen LogP contribution in [0.3, 0.4) is 0 Å². The Hall–Kier alpha value is -1.62. The van der Waals surface area contributed by atoms with E-state index < -0.39 is 5.97 Å². The molecule has 74 valence electrons. The highest BCUT2D eigenvalue weighted by atomic mass is 32.1. The number of carboxylic acids is 1. The maximum atomic E-state index is 11.3. The topological polar surface area (TPSA) is 57.6 Å². The predicted octanol–water partition coefficient (Wildman–Crippen LogP) is 1.35. The Labute approximate surface area is 85.1 Å². The van der Waals surface area contributed by atoms with Gasteiger partial charge in [0, 0.05) is 19.2 Å². The maximum Gasteiger partial charge on any atom is 0.328 e. The third kappa shape index (κ3) is 2.70. The highest BCUT2D eigenvalue weighted by Gasteiger charge is 2.07. The molecule has 0 fully saturated rings. The van der Waals surface area contributed by atoms with Crippen molar-refractivity contribution < 1.29 is 14.7 Å². The van der Waals surface area contributed by atoms with Crippen molar-refractivity contribution in [3.8, 4) is 0 Å². The van der Waals surface area contributed by atoms with E-state index in [-0.39, 0.29) is 5.91 Å². The van der Waals surface area contributed by atoms with Gasteiger partial charge in [0.05, 0.1) is 5.00 Å². The minimum absolute atomic E-state index is 0.352. The van der Waals surface area contributed by atoms with E-state index >= 15 is 0 Å². The van der Waals surface area contributed by atoms with Crippen LogP contribution in [0.5, 0.6) is 0 Å².